The first kappa shape index (κ1) is 17.8. The number of aromatic nitrogens is 2. The predicted octanol–water partition coefficient (Wildman–Crippen LogP) is 2.85. The van der Waals surface area contributed by atoms with Crippen molar-refractivity contribution in [3.8, 4) is 11.5 Å². The van der Waals surface area contributed by atoms with Crippen LogP contribution < -0.4 is 5.32 Å². The van der Waals surface area contributed by atoms with E-state index in [4.69, 9.17) is 4.42 Å². The highest BCUT2D eigenvalue weighted by Gasteiger charge is 2.17. The van der Waals surface area contributed by atoms with Crippen LogP contribution in [-0.4, -0.2) is 30.3 Å². The molecule has 0 fully saturated rings. The molecule has 0 aliphatic heterocycles. The Hall–Kier alpha value is -3.00. The summed E-state index contributed by atoms with van der Waals surface area (Å²) in [4.78, 5) is 12.2. The van der Waals surface area contributed by atoms with Crippen LogP contribution in [0.25, 0.3) is 11.5 Å². The Balaban J connectivity index is 1.61. The van der Waals surface area contributed by atoms with Crippen LogP contribution in [0.4, 0.5) is 6.01 Å². The number of rotatable bonds is 6. The number of carbonyl (C=O) groups excluding carboxylic acids is 1. The number of anilines is 1. The first-order chi connectivity index (χ1) is 12.4. The second kappa shape index (κ2) is 7.49. The molecular weight excluding hydrogens is 354 g/mol. The van der Waals surface area contributed by atoms with Crippen molar-refractivity contribution in [2.45, 2.75) is 18.2 Å². The summed E-state index contributed by atoms with van der Waals surface area (Å²) in [6.07, 6.45) is -0.209. The topological polar surface area (TPSA) is 102 Å². The predicted molar refractivity (Wildman–Crippen MR) is 96.2 cm³/mol. The molecule has 3 aromatic rings. The first-order valence-electron chi connectivity index (χ1n) is 7.92. The molecular formula is C18H17N3O4S. The van der Waals surface area contributed by atoms with Crippen molar-refractivity contribution in [2.24, 2.45) is 0 Å². The van der Waals surface area contributed by atoms with Gasteiger partial charge in [0.2, 0.25) is 11.8 Å². The van der Waals surface area contributed by atoms with Crippen LogP contribution in [0.5, 0.6) is 0 Å². The minimum absolute atomic E-state index is 0.0661. The van der Waals surface area contributed by atoms with Crippen molar-refractivity contribution in [3.05, 3.63) is 60.2 Å². The number of benzene rings is 2. The number of amides is 1. The Morgan fingerprint density at radius 3 is 2.58 bits per heavy atom. The van der Waals surface area contributed by atoms with Gasteiger partial charge in [0.1, 0.15) is 0 Å². The Morgan fingerprint density at radius 2 is 1.85 bits per heavy atom. The van der Waals surface area contributed by atoms with Gasteiger partial charge >= 0.3 is 6.01 Å². The number of hydrogen-bond acceptors (Lipinski definition) is 6. The van der Waals surface area contributed by atoms with Crippen molar-refractivity contribution in [3.63, 3.8) is 0 Å². The van der Waals surface area contributed by atoms with Gasteiger partial charge in [-0.05, 0) is 31.2 Å². The van der Waals surface area contributed by atoms with Crippen LogP contribution in [0.1, 0.15) is 12.0 Å². The molecule has 1 aromatic heterocycles. The van der Waals surface area contributed by atoms with E-state index in [1.807, 2.05) is 31.2 Å². The molecule has 8 heteroatoms. The third-order valence-electron chi connectivity index (χ3n) is 3.64. The summed E-state index contributed by atoms with van der Waals surface area (Å²) in [5.74, 6) is -0.535. The number of sulfone groups is 1. The second-order valence-corrected chi connectivity index (χ2v) is 7.82. The number of carbonyl (C=O) groups is 1. The van der Waals surface area contributed by atoms with Crippen molar-refractivity contribution in [1.82, 2.24) is 10.2 Å². The molecule has 0 unspecified atom stereocenters. The molecule has 0 radical (unpaired) electrons. The Kier molecular flexibility index (Phi) is 5.13. The van der Waals surface area contributed by atoms with E-state index in [-0.39, 0.29) is 29.0 Å². The molecule has 0 spiro atoms. The molecule has 0 aliphatic rings. The molecule has 1 heterocycles. The second-order valence-electron chi connectivity index (χ2n) is 5.71. The molecule has 3 rings (SSSR count). The Bertz CT molecular complexity index is 1010. The number of nitrogens with zero attached hydrogens (tertiary/aromatic N) is 2. The lowest BCUT2D eigenvalue weighted by Crippen LogP contribution is -2.17. The van der Waals surface area contributed by atoms with Gasteiger partial charge in [-0.1, -0.05) is 41.0 Å². The number of aryl methyl sites for hydroxylation is 1. The monoisotopic (exact) mass is 371 g/mol. The van der Waals surface area contributed by atoms with Gasteiger partial charge in [-0.3, -0.25) is 10.1 Å². The lowest BCUT2D eigenvalue weighted by Gasteiger charge is -2.04. The van der Waals surface area contributed by atoms with Gasteiger partial charge in [-0.15, -0.1) is 5.10 Å². The van der Waals surface area contributed by atoms with E-state index in [2.05, 4.69) is 15.5 Å². The van der Waals surface area contributed by atoms with E-state index in [0.29, 0.717) is 0 Å². The molecule has 2 aromatic carbocycles. The normalized spacial score (nSPS) is 11.3. The van der Waals surface area contributed by atoms with Crippen LogP contribution in [0.15, 0.2) is 63.9 Å². The summed E-state index contributed by atoms with van der Waals surface area (Å²) in [5, 5.41) is 10.1. The minimum Gasteiger partial charge on any atom is -0.403 e. The Labute approximate surface area is 151 Å². The smallest absolute Gasteiger partial charge is 0.322 e. The highest BCUT2D eigenvalue weighted by Crippen LogP contribution is 2.20. The maximum Gasteiger partial charge on any atom is 0.322 e. The van der Waals surface area contributed by atoms with Gasteiger partial charge in [0.25, 0.3) is 0 Å². The van der Waals surface area contributed by atoms with E-state index in [9.17, 15) is 13.2 Å². The van der Waals surface area contributed by atoms with E-state index < -0.39 is 15.7 Å². The van der Waals surface area contributed by atoms with Gasteiger partial charge < -0.3 is 4.42 Å². The van der Waals surface area contributed by atoms with Crippen LogP contribution in [0, 0.1) is 6.92 Å². The van der Waals surface area contributed by atoms with Crippen molar-refractivity contribution < 1.29 is 17.6 Å². The molecule has 1 N–H and O–H groups in total. The summed E-state index contributed by atoms with van der Waals surface area (Å²) in [6, 6.07) is 15.4. The van der Waals surface area contributed by atoms with E-state index in [1.165, 1.54) is 12.1 Å². The maximum absolute atomic E-state index is 12.2. The third-order valence-corrected chi connectivity index (χ3v) is 5.37. The molecule has 26 heavy (non-hydrogen) atoms. The molecule has 0 saturated heterocycles. The van der Waals surface area contributed by atoms with Gasteiger partial charge in [0.05, 0.1) is 10.6 Å². The van der Waals surface area contributed by atoms with Crippen LogP contribution in [0.2, 0.25) is 0 Å². The zero-order chi connectivity index (χ0) is 18.6. The van der Waals surface area contributed by atoms with E-state index in [0.717, 1.165) is 11.1 Å². The summed E-state index contributed by atoms with van der Waals surface area (Å²) in [5.41, 5.74) is 1.78. The fraction of sp³-hybridized carbons (Fsp3) is 0.167. The quantitative estimate of drug-likeness (QED) is 0.715. The average Bonchev–Trinajstić information content (AvgIpc) is 3.09. The zero-order valence-electron chi connectivity index (χ0n) is 14.0. The number of hydrogen-bond donors (Lipinski definition) is 1. The van der Waals surface area contributed by atoms with Crippen LogP contribution >= 0.6 is 0 Å². The van der Waals surface area contributed by atoms with Crippen LogP contribution in [0.3, 0.4) is 0 Å². The minimum atomic E-state index is -3.52. The van der Waals surface area contributed by atoms with Gasteiger partial charge in [-0.2, -0.15) is 0 Å². The average molecular weight is 371 g/mol. The zero-order valence-corrected chi connectivity index (χ0v) is 14.9. The highest BCUT2D eigenvalue weighted by atomic mass is 32.2. The van der Waals surface area contributed by atoms with E-state index >= 15 is 0 Å². The highest BCUT2D eigenvalue weighted by molar-refractivity contribution is 7.91. The molecule has 1 amide bonds. The fourth-order valence-electron chi connectivity index (χ4n) is 2.32. The largest absolute Gasteiger partial charge is 0.403 e. The van der Waals surface area contributed by atoms with Crippen molar-refractivity contribution in [1.29, 1.82) is 0 Å². The van der Waals surface area contributed by atoms with Gasteiger partial charge in [0.15, 0.2) is 9.84 Å². The summed E-state index contributed by atoms with van der Waals surface area (Å²) in [6.45, 7) is 1.94. The molecule has 0 bridgehead atoms. The number of nitrogens with one attached hydrogen (secondary N) is 1. The SMILES string of the molecule is Cc1cccc(-c2nnc(NC(=O)CCS(=O)(=O)c3ccccc3)o2)c1. The van der Waals surface area contributed by atoms with E-state index in [1.54, 1.807) is 18.2 Å². The lowest BCUT2D eigenvalue weighted by atomic mass is 10.1. The molecule has 7 nitrogen and oxygen atoms in total. The fourth-order valence-corrected chi connectivity index (χ4v) is 3.58. The molecule has 0 atom stereocenters. The molecule has 0 aliphatic carbocycles. The summed E-state index contributed by atoms with van der Waals surface area (Å²) in [7, 11) is -3.52. The molecule has 0 saturated carbocycles. The van der Waals surface area contributed by atoms with Gasteiger partial charge in [0, 0.05) is 12.0 Å². The van der Waals surface area contributed by atoms with Crippen molar-refractivity contribution >= 4 is 21.8 Å². The standard InChI is InChI=1S/C18H17N3O4S/c1-13-6-5-7-14(12-13)17-20-21-18(25-17)19-16(22)10-11-26(23,24)15-8-3-2-4-9-15/h2-9,12H,10-11H2,1H3,(H,19,21,22). The first-order valence-corrected chi connectivity index (χ1v) is 9.57. The summed E-state index contributed by atoms with van der Waals surface area (Å²) < 4.78 is 29.8. The Morgan fingerprint density at radius 1 is 1.08 bits per heavy atom. The van der Waals surface area contributed by atoms with Crippen LogP contribution in [-0.2, 0) is 14.6 Å². The van der Waals surface area contributed by atoms with Crippen molar-refractivity contribution in [2.75, 3.05) is 11.1 Å². The maximum atomic E-state index is 12.2. The van der Waals surface area contributed by atoms with Gasteiger partial charge in [-0.25, -0.2) is 8.42 Å². The summed E-state index contributed by atoms with van der Waals surface area (Å²) >= 11 is 0. The lowest BCUT2D eigenvalue weighted by molar-refractivity contribution is -0.115. The third kappa shape index (κ3) is 4.34. The molecule has 134 valence electrons.